The zero-order valence-electron chi connectivity index (χ0n) is 14.4. The van der Waals surface area contributed by atoms with E-state index in [-0.39, 0.29) is 5.56 Å². The Hall–Kier alpha value is -1.53. The molecule has 0 saturated heterocycles. The van der Waals surface area contributed by atoms with E-state index in [9.17, 15) is 14.8 Å². The first-order chi connectivity index (χ1) is 11.9. The molecule has 7 heteroatoms. The molecule has 0 aliphatic heterocycles. The van der Waals surface area contributed by atoms with Gasteiger partial charge in [0, 0.05) is 21.3 Å². The third kappa shape index (κ3) is 3.55. The second kappa shape index (κ2) is 8.23. The van der Waals surface area contributed by atoms with Crippen molar-refractivity contribution in [2.75, 3.05) is 21.3 Å². The van der Waals surface area contributed by atoms with E-state index in [1.54, 1.807) is 54.6 Å². The Balaban J connectivity index is 2.61. The van der Waals surface area contributed by atoms with Gasteiger partial charge in [0.05, 0.1) is 0 Å². The highest BCUT2D eigenvalue weighted by Crippen LogP contribution is 2.65. The monoisotopic (exact) mass is 366 g/mol. The van der Waals surface area contributed by atoms with Crippen molar-refractivity contribution >= 4 is 7.60 Å². The zero-order chi connectivity index (χ0) is 18.5. The molecule has 3 atom stereocenters. The van der Waals surface area contributed by atoms with Gasteiger partial charge in [0.1, 0.15) is 12.2 Å². The van der Waals surface area contributed by atoms with Gasteiger partial charge < -0.3 is 24.0 Å². The van der Waals surface area contributed by atoms with Crippen LogP contribution in [-0.4, -0.2) is 37.6 Å². The molecule has 2 rings (SSSR count). The minimum Gasteiger partial charge on any atom is -0.386 e. The van der Waals surface area contributed by atoms with E-state index in [0.29, 0.717) is 5.56 Å². The van der Waals surface area contributed by atoms with Crippen molar-refractivity contribution in [2.24, 2.45) is 0 Å². The molecule has 0 aliphatic carbocycles. The fourth-order valence-corrected chi connectivity index (χ4v) is 4.46. The number of aliphatic hydroxyl groups excluding tert-OH is 1. The van der Waals surface area contributed by atoms with Crippen LogP contribution in [0.3, 0.4) is 0 Å². The summed E-state index contributed by atoms with van der Waals surface area (Å²) in [6.45, 7) is 0. The Morgan fingerprint density at radius 3 is 1.84 bits per heavy atom. The fourth-order valence-electron chi connectivity index (χ4n) is 2.83. The Kier molecular flexibility index (Phi) is 6.52. The summed E-state index contributed by atoms with van der Waals surface area (Å²) in [4.78, 5) is 0. The molecule has 0 amide bonds. The SMILES string of the molecule is CO[C@@H](c1ccccc1)[C@H](O)[C@](O)(c1ccccc1)P(=O)(OC)OC. The lowest BCUT2D eigenvalue weighted by Crippen LogP contribution is -2.44. The van der Waals surface area contributed by atoms with Gasteiger partial charge in [0.2, 0.25) is 5.34 Å². The molecule has 0 unspecified atom stereocenters. The Labute approximate surface area is 147 Å². The van der Waals surface area contributed by atoms with Gasteiger partial charge >= 0.3 is 7.60 Å². The lowest BCUT2D eigenvalue weighted by Gasteiger charge is -2.40. The highest BCUT2D eigenvalue weighted by molar-refractivity contribution is 7.55. The number of hydrogen-bond donors (Lipinski definition) is 2. The average molecular weight is 366 g/mol. The summed E-state index contributed by atoms with van der Waals surface area (Å²) in [6.07, 6.45) is -2.57. The van der Waals surface area contributed by atoms with Crippen LogP contribution in [0.5, 0.6) is 0 Å². The van der Waals surface area contributed by atoms with Crippen molar-refractivity contribution in [3.63, 3.8) is 0 Å². The number of hydrogen-bond acceptors (Lipinski definition) is 6. The smallest absolute Gasteiger partial charge is 0.368 e. The van der Waals surface area contributed by atoms with Gasteiger partial charge in [0.15, 0.2) is 0 Å². The minimum atomic E-state index is -4.14. The summed E-state index contributed by atoms with van der Waals surface area (Å²) in [5, 5.41) is 20.1. The van der Waals surface area contributed by atoms with Crippen LogP contribution in [0.1, 0.15) is 17.2 Å². The second-order valence-electron chi connectivity index (χ2n) is 5.47. The average Bonchev–Trinajstić information content (AvgIpc) is 2.68. The van der Waals surface area contributed by atoms with Crippen LogP contribution in [-0.2, 0) is 23.7 Å². The number of rotatable bonds is 8. The molecule has 0 spiro atoms. The van der Waals surface area contributed by atoms with E-state index >= 15 is 0 Å². The van der Waals surface area contributed by atoms with E-state index in [4.69, 9.17) is 13.8 Å². The maximum Gasteiger partial charge on any atom is 0.368 e. The van der Waals surface area contributed by atoms with Crippen molar-refractivity contribution in [1.82, 2.24) is 0 Å². The van der Waals surface area contributed by atoms with E-state index < -0.39 is 25.1 Å². The van der Waals surface area contributed by atoms with Crippen LogP contribution in [0.4, 0.5) is 0 Å². The van der Waals surface area contributed by atoms with Gasteiger partial charge in [-0.15, -0.1) is 0 Å². The van der Waals surface area contributed by atoms with Crippen molar-refractivity contribution in [3.8, 4) is 0 Å². The largest absolute Gasteiger partial charge is 0.386 e. The molecule has 0 aromatic heterocycles. The third-order valence-electron chi connectivity index (χ3n) is 4.18. The van der Waals surface area contributed by atoms with E-state index in [1.807, 2.05) is 6.07 Å². The topological polar surface area (TPSA) is 85.2 Å². The molecule has 0 heterocycles. The fraction of sp³-hybridized carbons (Fsp3) is 0.333. The molecule has 0 saturated carbocycles. The normalized spacial score (nSPS) is 16.8. The molecular weight excluding hydrogens is 343 g/mol. The highest BCUT2D eigenvalue weighted by atomic mass is 31.2. The third-order valence-corrected chi connectivity index (χ3v) is 6.50. The van der Waals surface area contributed by atoms with Crippen molar-refractivity contribution < 1.29 is 28.6 Å². The predicted molar refractivity (Wildman–Crippen MR) is 94.2 cm³/mol. The lowest BCUT2D eigenvalue weighted by molar-refractivity contribution is -0.111. The summed E-state index contributed by atoms with van der Waals surface area (Å²) >= 11 is 0. The zero-order valence-corrected chi connectivity index (χ0v) is 15.3. The van der Waals surface area contributed by atoms with Crippen molar-refractivity contribution in [2.45, 2.75) is 17.6 Å². The van der Waals surface area contributed by atoms with Crippen LogP contribution in [0.25, 0.3) is 0 Å². The number of methoxy groups -OCH3 is 1. The predicted octanol–water partition coefficient (Wildman–Crippen LogP) is 3.07. The summed E-state index contributed by atoms with van der Waals surface area (Å²) in [5.74, 6) is 0. The standard InChI is InChI=1S/C18H23O6P/c1-22-16(14-10-6-4-7-11-14)17(19)18(20,25(21,23-2)24-3)15-12-8-5-9-13-15/h4-13,16-17,19-20H,1-3H3/t16-,17-,18-/m0/s1. The summed E-state index contributed by atoms with van der Waals surface area (Å²) in [5.41, 5.74) is 0.818. The summed E-state index contributed by atoms with van der Waals surface area (Å²) in [6, 6.07) is 17.0. The maximum atomic E-state index is 13.2. The van der Waals surface area contributed by atoms with Gasteiger partial charge in [-0.2, -0.15) is 0 Å². The Morgan fingerprint density at radius 2 is 1.40 bits per heavy atom. The van der Waals surface area contributed by atoms with Gasteiger partial charge in [-0.05, 0) is 11.1 Å². The molecule has 25 heavy (non-hydrogen) atoms. The maximum absolute atomic E-state index is 13.2. The van der Waals surface area contributed by atoms with E-state index in [0.717, 1.165) is 14.2 Å². The quantitative estimate of drug-likeness (QED) is 0.699. The second-order valence-corrected chi connectivity index (χ2v) is 7.87. The summed E-state index contributed by atoms with van der Waals surface area (Å²) < 4.78 is 28.6. The first-order valence-corrected chi connectivity index (χ1v) is 9.24. The van der Waals surface area contributed by atoms with E-state index in [2.05, 4.69) is 0 Å². The van der Waals surface area contributed by atoms with Crippen molar-refractivity contribution in [1.29, 1.82) is 0 Å². The lowest BCUT2D eigenvalue weighted by atomic mass is 9.95. The molecular formula is C18H23O6P. The molecule has 0 radical (unpaired) electrons. The van der Waals surface area contributed by atoms with Crippen molar-refractivity contribution in [3.05, 3.63) is 71.8 Å². The van der Waals surface area contributed by atoms with Crippen LogP contribution < -0.4 is 0 Å². The van der Waals surface area contributed by atoms with Crippen LogP contribution in [0.2, 0.25) is 0 Å². The molecule has 0 bridgehead atoms. The highest BCUT2D eigenvalue weighted by Gasteiger charge is 2.58. The van der Waals surface area contributed by atoms with Crippen LogP contribution in [0, 0.1) is 0 Å². The van der Waals surface area contributed by atoms with E-state index in [1.165, 1.54) is 7.11 Å². The van der Waals surface area contributed by atoms with Gasteiger partial charge in [-0.25, -0.2) is 0 Å². The Morgan fingerprint density at radius 1 is 0.920 bits per heavy atom. The first kappa shape index (κ1) is 19.8. The van der Waals surface area contributed by atoms with Crippen LogP contribution in [0.15, 0.2) is 60.7 Å². The summed E-state index contributed by atoms with van der Waals surface area (Å²) in [7, 11) is -0.420. The van der Waals surface area contributed by atoms with Gasteiger partial charge in [0.25, 0.3) is 0 Å². The molecule has 136 valence electrons. The number of benzene rings is 2. The molecule has 2 aromatic rings. The molecule has 0 aliphatic rings. The molecule has 0 fully saturated rings. The number of ether oxygens (including phenoxy) is 1. The van der Waals surface area contributed by atoms with Crippen LogP contribution >= 0.6 is 7.60 Å². The molecule has 6 nitrogen and oxygen atoms in total. The van der Waals surface area contributed by atoms with Gasteiger partial charge in [-0.3, -0.25) is 4.57 Å². The molecule has 2 aromatic carbocycles. The number of aliphatic hydroxyl groups is 2. The minimum absolute atomic E-state index is 0.201. The molecule has 2 N–H and O–H groups in total. The first-order valence-electron chi connectivity index (χ1n) is 7.70. The Bertz CT molecular complexity index is 700. The van der Waals surface area contributed by atoms with Gasteiger partial charge in [-0.1, -0.05) is 60.7 Å².